The zero-order chi connectivity index (χ0) is 16.5. The van der Waals surface area contributed by atoms with Crippen LogP contribution in [0.3, 0.4) is 0 Å². The molecule has 3 atom stereocenters. The zero-order valence-electron chi connectivity index (χ0n) is 13.4. The predicted molar refractivity (Wildman–Crippen MR) is 99.9 cm³/mol. The first-order valence-corrected chi connectivity index (χ1v) is 8.70. The van der Waals surface area contributed by atoms with Gasteiger partial charge in [0.15, 0.2) is 0 Å². The fraction of sp³-hybridized carbons (Fsp3) is 0.238. The molecule has 0 fully saturated rings. The maximum atomic E-state index is 6.21. The van der Waals surface area contributed by atoms with Gasteiger partial charge in [0.05, 0.1) is 6.04 Å². The van der Waals surface area contributed by atoms with Gasteiger partial charge in [0, 0.05) is 16.6 Å². The number of rotatable bonds is 4. The molecule has 24 heavy (non-hydrogen) atoms. The van der Waals surface area contributed by atoms with Crippen LogP contribution in [0.5, 0.6) is 5.75 Å². The molecule has 2 aromatic rings. The van der Waals surface area contributed by atoms with E-state index in [1.54, 1.807) is 6.08 Å². The van der Waals surface area contributed by atoms with Gasteiger partial charge >= 0.3 is 0 Å². The maximum absolute atomic E-state index is 6.21. The molecule has 2 aromatic carbocycles. The molecule has 1 aliphatic heterocycles. The van der Waals surface area contributed by atoms with Gasteiger partial charge in [-0.2, -0.15) is 0 Å². The molecule has 122 valence electrons. The summed E-state index contributed by atoms with van der Waals surface area (Å²) >= 11 is 6.21. The summed E-state index contributed by atoms with van der Waals surface area (Å²) in [4.78, 5) is 0. The Hall–Kier alpha value is -2.19. The first kappa shape index (κ1) is 15.3. The van der Waals surface area contributed by atoms with E-state index in [0.29, 0.717) is 24.5 Å². The Kier molecular flexibility index (Phi) is 4.07. The van der Waals surface area contributed by atoms with Crippen molar-refractivity contribution in [1.82, 2.24) is 0 Å². The predicted octanol–water partition coefficient (Wildman–Crippen LogP) is 5.73. The normalized spacial score (nSPS) is 24.0. The Labute approximate surface area is 147 Å². The molecule has 0 aromatic heterocycles. The molecule has 0 amide bonds. The highest BCUT2D eigenvalue weighted by molar-refractivity contribution is 6.30. The molecule has 0 unspecified atom stereocenters. The molecule has 0 saturated carbocycles. The standard InChI is InChI=1S/C21H20ClNO/c1-2-12-24-16-9-6-14(7-10-16)21-18-5-3-4-17(18)19-13-15(22)8-11-20(19)23-21/h2-4,6-11,13,17-18,21,23H,1,5,12H2/t17-,18+,21+/m1/s1. The molecule has 0 saturated heterocycles. The second-order valence-corrected chi connectivity index (χ2v) is 6.81. The number of anilines is 1. The summed E-state index contributed by atoms with van der Waals surface area (Å²) in [5, 5.41) is 4.52. The fourth-order valence-electron chi connectivity index (χ4n) is 3.82. The average Bonchev–Trinajstić information content (AvgIpc) is 3.10. The van der Waals surface area contributed by atoms with Crippen LogP contribution < -0.4 is 10.1 Å². The van der Waals surface area contributed by atoms with Crippen molar-refractivity contribution in [2.75, 3.05) is 11.9 Å². The lowest BCUT2D eigenvalue weighted by atomic mass is 9.77. The molecule has 0 spiro atoms. The number of fused-ring (bicyclic) bond motifs is 3. The van der Waals surface area contributed by atoms with Crippen LogP contribution in [0.1, 0.15) is 29.5 Å². The second kappa shape index (κ2) is 6.37. The summed E-state index contributed by atoms with van der Waals surface area (Å²) in [5.74, 6) is 1.83. The van der Waals surface area contributed by atoms with Crippen molar-refractivity contribution in [1.29, 1.82) is 0 Å². The fourth-order valence-corrected chi connectivity index (χ4v) is 4.00. The van der Waals surface area contributed by atoms with E-state index in [9.17, 15) is 0 Å². The zero-order valence-corrected chi connectivity index (χ0v) is 14.2. The Bertz CT molecular complexity index is 781. The van der Waals surface area contributed by atoms with Crippen LogP contribution >= 0.6 is 11.6 Å². The highest BCUT2D eigenvalue weighted by atomic mass is 35.5. The van der Waals surface area contributed by atoms with Gasteiger partial charge in [-0.3, -0.25) is 0 Å². The largest absolute Gasteiger partial charge is 0.490 e. The third-order valence-electron chi connectivity index (χ3n) is 4.93. The van der Waals surface area contributed by atoms with E-state index in [-0.39, 0.29) is 0 Å². The molecular formula is C21H20ClNO. The van der Waals surface area contributed by atoms with E-state index in [0.717, 1.165) is 17.2 Å². The van der Waals surface area contributed by atoms with Gasteiger partial charge in [-0.1, -0.05) is 48.5 Å². The summed E-state index contributed by atoms with van der Waals surface area (Å²) in [6.45, 7) is 4.21. The SMILES string of the molecule is C=CCOc1ccc([C@@H]2Nc3ccc(Cl)cc3[C@@H]3C=CC[C@@H]32)cc1. The van der Waals surface area contributed by atoms with Crippen LogP contribution in [0.2, 0.25) is 5.02 Å². The molecule has 0 bridgehead atoms. The van der Waals surface area contributed by atoms with Gasteiger partial charge in [0.2, 0.25) is 0 Å². The third kappa shape index (κ3) is 2.71. The average molecular weight is 338 g/mol. The second-order valence-electron chi connectivity index (χ2n) is 6.38. The molecule has 1 aliphatic carbocycles. The number of ether oxygens (including phenoxy) is 1. The molecule has 4 rings (SSSR count). The van der Waals surface area contributed by atoms with Crippen molar-refractivity contribution < 1.29 is 4.74 Å². The van der Waals surface area contributed by atoms with Crippen LogP contribution in [0.25, 0.3) is 0 Å². The summed E-state index contributed by atoms with van der Waals surface area (Å²) in [7, 11) is 0. The van der Waals surface area contributed by atoms with Crippen molar-refractivity contribution in [3.63, 3.8) is 0 Å². The smallest absolute Gasteiger partial charge is 0.119 e. The van der Waals surface area contributed by atoms with E-state index in [2.05, 4.69) is 48.3 Å². The highest BCUT2D eigenvalue weighted by Crippen LogP contribution is 2.50. The summed E-state index contributed by atoms with van der Waals surface area (Å²) in [6, 6.07) is 14.8. The van der Waals surface area contributed by atoms with Crippen LogP contribution in [0, 0.1) is 5.92 Å². The van der Waals surface area contributed by atoms with Crippen molar-refractivity contribution in [3.8, 4) is 5.75 Å². The van der Waals surface area contributed by atoms with Gasteiger partial charge in [-0.15, -0.1) is 0 Å². The first-order chi connectivity index (χ1) is 11.8. The first-order valence-electron chi connectivity index (χ1n) is 8.32. The number of allylic oxidation sites excluding steroid dienone is 2. The molecule has 1 heterocycles. The third-order valence-corrected chi connectivity index (χ3v) is 5.17. The number of nitrogens with one attached hydrogen (secondary N) is 1. The Morgan fingerprint density at radius 1 is 1.21 bits per heavy atom. The Morgan fingerprint density at radius 3 is 2.83 bits per heavy atom. The number of hydrogen-bond donors (Lipinski definition) is 1. The van der Waals surface area contributed by atoms with Gasteiger partial charge in [0.1, 0.15) is 12.4 Å². The minimum atomic E-state index is 0.298. The molecule has 0 radical (unpaired) electrons. The quantitative estimate of drug-likeness (QED) is 0.719. The van der Waals surface area contributed by atoms with Gasteiger partial charge in [0.25, 0.3) is 0 Å². The number of benzene rings is 2. The molecular weight excluding hydrogens is 318 g/mol. The van der Waals surface area contributed by atoms with E-state index >= 15 is 0 Å². The van der Waals surface area contributed by atoms with E-state index in [1.165, 1.54) is 16.8 Å². The summed E-state index contributed by atoms with van der Waals surface area (Å²) < 4.78 is 5.59. The Morgan fingerprint density at radius 2 is 2.04 bits per heavy atom. The lowest BCUT2D eigenvalue weighted by Gasteiger charge is -2.37. The van der Waals surface area contributed by atoms with E-state index in [4.69, 9.17) is 16.3 Å². The molecule has 1 N–H and O–H groups in total. The van der Waals surface area contributed by atoms with Crippen LogP contribution in [-0.4, -0.2) is 6.61 Å². The van der Waals surface area contributed by atoms with Crippen molar-refractivity contribution in [2.45, 2.75) is 18.4 Å². The van der Waals surface area contributed by atoms with Crippen molar-refractivity contribution in [2.24, 2.45) is 5.92 Å². The van der Waals surface area contributed by atoms with Crippen LogP contribution in [-0.2, 0) is 0 Å². The van der Waals surface area contributed by atoms with Gasteiger partial charge < -0.3 is 10.1 Å². The lowest BCUT2D eigenvalue weighted by molar-refractivity contribution is 0.362. The van der Waals surface area contributed by atoms with Crippen LogP contribution in [0.4, 0.5) is 5.69 Å². The highest BCUT2D eigenvalue weighted by Gasteiger charge is 2.37. The van der Waals surface area contributed by atoms with Crippen LogP contribution in [0.15, 0.2) is 67.3 Å². The minimum Gasteiger partial charge on any atom is -0.490 e. The lowest BCUT2D eigenvalue weighted by Crippen LogP contribution is -2.29. The van der Waals surface area contributed by atoms with E-state index < -0.39 is 0 Å². The van der Waals surface area contributed by atoms with Crippen molar-refractivity contribution in [3.05, 3.63) is 83.4 Å². The topological polar surface area (TPSA) is 21.3 Å². The summed E-state index contributed by atoms with van der Waals surface area (Å²) in [5.41, 5.74) is 3.79. The maximum Gasteiger partial charge on any atom is 0.119 e. The van der Waals surface area contributed by atoms with Crippen molar-refractivity contribution >= 4 is 17.3 Å². The van der Waals surface area contributed by atoms with Gasteiger partial charge in [-0.25, -0.2) is 0 Å². The molecule has 2 aliphatic rings. The minimum absolute atomic E-state index is 0.298. The molecule has 3 heteroatoms. The number of halogens is 1. The Balaban J connectivity index is 1.64. The monoisotopic (exact) mass is 337 g/mol. The van der Waals surface area contributed by atoms with Gasteiger partial charge in [-0.05, 0) is 53.8 Å². The number of hydrogen-bond acceptors (Lipinski definition) is 2. The van der Waals surface area contributed by atoms with E-state index in [1.807, 2.05) is 18.2 Å². The molecule has 2 nitrogen and oxygen atoms in total. The summed E-state index contributed by atoms with van der Waals surface area (Å²) in [6.07, 6.45) is 7.47.